The van der Waals surface area contributed by atoms with Crippen LogP contribution < -0.4 is 10.9 Å². The molecule has 0 amide bonds. The number of rotatable bonds is 6. The molecule has 0 aliphatic rings. The summed E-state index contributed by atoms with van der Waals surface area (Å²) in [5, 5.41) is 26.4. The van der Waals surface area contributed by atoms with E-state index in [1.807, 2.05) is 24.3 Å². The van der Waals surface area contributed by atoms with Gasteiger partial charge in [-0.25, -0.2) is 9.78 Å². The van der Waals surface area contributed by atoms with Crippen molar-refractivity contribution in [2.75, 3.05) is 5.32 Å². The third kappa shape index (κ3) is 4.51. The average Bonchev–Trinajstić information content (AvgIpc) is 3.28. The molecule has 0 spiro atoms. The zero-order chi connectivity index (χ0) is 23.5. The van der Waals surface area contributed by atoms with E-state index in [0.717, 1.165) is 11.3 Å². The molecule has 0 saturated heterocycles. The van der Waals surface area contributed by atoms with Crippen LogP contribution in [-0.2, 0) is 0 Å². The number of benzene rings is 2. The number of thiazole rings is 1. The molecule has 0 fully saturated rings. The molecular weight excluding hydrogens is 440 g/mol. The number of hydrogen-bond acceptors (Lipinski definition) is 8. The molecule has 0 atom stereocenters. The minimum Gasteiger partial charge on any atom is -0.422 e. The van der Waals surface area contributed by atoms with Gasteiger partial charge in [-0.05, 0) is 29.7 Å². The largest absolute Gasteiger partial charge is 0.422 e. The summed E-state index contributed by atoms with van der Waals surface area (Å²) in [6, 6.07) is 15.5. The van der Waals surface area contributed by atoms with Crippen LogP contribution in [0.15, 0.2) is 69.3 Å². The molecule has 0 aliphatic carbocycles. The van der Waals surface area contributed by atoms with Crippen LogP contribution in [0.1, 0.15) is 30.3 Å². The van der Waals surface area contributed by atoms with E-state index in [1.165, 1.54) is 35.6 Å². The average molecular weight is 458 g/mol. The van der Waals surface area contributed by atoms with Crippen LogP contribution >= 0.6 is 11.3 Å². The first kappa shape index (κ1) is 21.9. The van der Waals surface area contributed by atoms with Gasteiger partial charge in [0.25, 0.3) is 5.69 Å². The zero-order valence-corrected chi connectivity index (χ0v) is 18.6. The van der Waals surface area contributed by atoms with E-state index >= 15 is 0 Å². The lowest BCUT2D eigenvalue weighted by atomic mass is 10.0. The number of anilines is 1. The first-order valence-electron chi connectivity index (χ1n) is 10.0. The number of aromatic nitrogens is 1. The van der Waals surface area contributed by atoms with Crippen molar-refractivity contribution in [3.8, 4) is 17.3 Å². The second-order valence-electron chi connectivity index (χ2n) is 7.52. The van der Waals surface area contributed by atoms with Crippen LogP contribution in [0.5, 0.6) is 0 Å². The number of nitro groups is 1. The maximum absolute atomic E-state index is 12.5. The molecule has 4 rings (SSSR count). The van der Waals surface area contributed by atoms with Crippen molar-refractivity contribution in [1.29, 1.82) is 5.26 Å². The smallest absolute Gasteiger partial charge is 0.345 e. The standard InChI is InChI=1S/C24H18N4O4S/c1-14(2)18-5-3-4-6-20(18)26-12-16(11-25)23-27-21(13-33-23)19-10-15-9-17(28(30)31)7-8-22(15)32-24(19)29/h3-10,12-14,26H,1-2H3. The number of nitrogens with zero attached hydrogens (tertiary/aromatic N) is 3. The maximum atomic E-state index is 12.5. The van der Waals surface area contributed by atoms with Crippen LogP contribution in [0, 0.1) is 21.4 Å². The molecule has 164 valence electrons. The van der Waals surface area contributed by atoms with E-state index in [4.69, 9.17) is 4.42 Å². The number of nitro benzene ring substituents is 1. The fraction of sp³-hybridized carbons (Fsp3) is 0.125. The van der Waals surface area contributed by atoms with Gasteiger partial charge in [0.1, 0.15) is 22.2 Å². The molecule has 4 aromatic rings. The highest BCUT2D eigenvalue weighted by atomic mass is 32.1. The Balaban J connectivity index is 1.68. The van der Waals surface area contributed by atoms with Crippen LogP contribution in [0.3, 0.4) is 0 Å². The topological polar surface area (TPSA) is 122 Å². The van der Waals surface area contributed by atoms with Gasteiger partial charge in [-0.15, -0.1) is 11.3 Å². The van der Waals surface area contributed by atoms with Crippen molar-refractivity contribution in [3.05, 3.63) is 91.2 Å². The Hall–Kier alpha value is -4.29. The van der Waals surface area contributed by atoms with Crippen LogP contribution in [-0.4, -0.2) is 9.91 Å². The van der Waals surface area contributed by atoms with Gasteiger partial charge in [0.2, 0.25) is 0 Å². The molecule has 0 unspecified atom stereocenters. The molecular formula is C24H18N4O4S. The van der Waals surface area contributed by atoms with Crippen molar-refractivity contribution in [1.82, 2.24) is 4.98 Å². The van der Waals surface area contributed by atoms with Crippen molar-refractivity contribution < 1.29 is 9.34 Å². The number of nitrogens with one attached hydrogen (secondary N) is 1. The molecule has 0 radical (unpaired) electrons. The molecule has 0 aliphatic heterocycles. The summed E-state index contributed by atoms with van der Waals surface area (Å²) in [5.74, 6) is 0.307. The molecule has 8 nitrogen and oxygen atoms in total. The van der Waals surface area contributed by atoms with E-state index in [2.05, 4.69) is 30.2 Å². The molecule has 0 bridgehead atoms. The maximum Gasteiger partial charge on any atom is 0.345 e. The lowest BCUT2D eigenvalue weighted by Crippen LogP contribution is -2.03. The van der Waals surface area contributed by atoms with Gasteiger partial charge in [0.15, 0.2) is 0 Å². The Morgan fingerprint density at radius 2 is 2.06 bits per heavy atom. The van der Waals surface area contributed by atoms with Crippen molar-refractivity contribution in [2.45, 2.75) is 19.8 Å². The van der Waals surface area contributed by atoms with Crippen LogP contribution in [0.2, 0.25) is 0 Å². The third-order valence-corrected chi connectivity index (χ3v) is 5.89. The first-order chi connectivity index (χ1) is 15.9. The summed E-state index contributed by atoms with van der Waals surface area (Å²) in [7, 11) is 0. The Labute approximate surface area is 192 Å². The number of hydrogen-bond donors (Lipinski definition) is 1. The second-order valence-corrected chi connectivity index (χ2v) is 8.38. The van der Waals surface area contributed by atoms with Gasteiger partial charge >= 0.3 is 5.63 Å². The van der Waals surface area contributed by atoms with Crippen LogP contribution in [0.25, 0.3) is 27.8 Å². The van der Waals surface area contributed by atoms with Crippen molar-refractivity contribution in [3.63, 3.8) is 0 Å². The van der Waals surface area contributed by atoms with Gasteiger partial charge < -0.3 is 9.73 Å². The predicted molar refractivity (Wildman–Crippen MR) is 128 cm³/mol. The summed E-state index contributed by atoms with van der Waals surface area (Å²) in [6.45, 7) is 4.18. The quantitative estimate of drug-likeness (QED) is 0.164. The minimum absolute atomic E-state index is 0.108. The summed E-state index contributed by atoms with van der Waals surface area (Å²) >= 11 is 1.21. The SMILES string of the molecule is CC(C)c1ccccc1NC=C(C#N)c1nc(-c2cc3cc([N+](=O)[O-])ccc3oc2=O)cs1. The summed E-state index contributed by atoms with van der Waals surface area (Å²) in [5.41, 5.74) is 2.36. The normalized spacial score (nSPS) is 11.5. The number of para-hydroxylation sites is 1. The zero-order valence-electron chi connectivity index (χ0n) is 17.7. The molecule has 2 aromatic heterocycles. The van der Waals surface area contributed by atoms with Crippen molar-refractivity contribution >= 4 is 39.3 Å². The highest BCUT2D eigenvalue weighted by Crippen LogP contribution is 2.29. The molecule has 2 heterocycles. The van der Waals surface area contributed by atoms with E-state index in [0.29, 0.717) is 27.6 Å². The number of fused-ring (bicyclic) bond motifs is 1. The minimum atomic E-state index is -0.611. The van der Waals surface area contributed by atoms with E-state index in [1.54, 1.807) is 11.6 Å². The van der Waals surface area contributed by atoms with Gasteiger partial charge in [-0.1, -0.05) is 32.0 Å². The van der Waals surface area contributed by atoms with E-state index in [-0.39, 0.29) is 16.8 Å². The monoisotopic (exact) mass is 458 g/mol. The van der Waals surface area contributed by atoms with Gasteiger partial charge in [0, 0.05) is 34.8 Å². The van der Waals surface area contributed by atoms with Gasteiger partial charge in [-0.2, -0.15) is 5.26 Å². The Morgan fingerprint density at radius 3 is 2.79 bits per heavy atom. The summed E-state index contributed by atoms with van der Waals surface area (Å²) in [6.07, 6.45) is 1.59. The lowest BCUT2D eigenvalue weighted by Gasteiger charge is -2.12. The molecule has 33 heavy (non-hydrogen) atoms. The third-order valence-electron chi connectivity index (χ3n) is 5.01. The number of non-ortho nitro benzene ring substituents is 1. The second kappa shape index (κ2) is 9.06. The summed E-state index contributed by atoms with van der Waals surface area (Å²) < 4.78 is 5.31. The highest BCUT2D eigenvalue weighted by Gasteiger charge is 2.16. The molecule has 9 heteroatoms. The Morgan fingerprint density at radius 1 is 1.27 bits per heavy atom. The van der Waals surface area contributed by atoms with Gasteiger partial charge in [-0.3, -0.25) is 10.1 Å². The van der Waals surface area contributed by atoms with E-state index in [9.17, 15) is 20.2 Å². The highest BCUT2D eigenvalue weighted by molar-refractivity contribution is 7.11. The van der Waals surface area contributed by atoms with Gasteiger partial charge in [0.05, 0.1) is 16.2 Å². The lowest BCUT2D eigenvalue weighted by molar-refractivity contribution is -0.384. The number of allylic oxidation sites excluding steroid dienone is 1. The van der Waals surface area contributed by atoms with Crippen LogP contribution in [0.4, 0.5) is 11.4 Å². The first-order valence-corrected chi connectivity index (χ1v) is 10.9. The van der Waals surface area contributed by atoms with Crippen molar-refractivity contribution in [2.24, 2.45) is 0 Å². The van der Waals surface area contributed by atoms with E-state index < -0.39 is 10.5 Å². The fourth-order valence-electron chi connectivity index (χ4n) is 3.35. The molecule has 0 saturated carbocycles. The molecule has 2 aromatic carbocycles. The summed E-state index contributed by atoms with van der Waals surface area (Å²) in [4.78, 5) is 27.5. The Bertz CT molecular complexity index is 1490. The molecule has 1 N–H and O–H groups in total. The fourth-order valence-corrected chi connectivity index (χ4v) is 4.13. The predicted octanol–water partition coefficient (Wildman–Crippen LogP) is 5.92. The number of nitriles is 1. The Kier molecular flexibility index (Phi) is 6.02.